The molecule has 0 fully saturated rings. The van der Waals surface area contributed by atoms with E-state index in [4.69, 9.17) is 4.42 Å². The van der Waals surface area contributed by atoms with E-state index in [1.807, 2.05) is 24.3 Å². The zero-order valence-electron chi connectivity index (χ0n) is 13.1. The maximum atomic E-state index is 13.6. The number of nitrogens with zero attached hydrogens (tertiary/aromatic N) is 1. The fourth-order valence-corrected chi connectivity index (χ4v) is 3.37. The summed E-state index contributed by atoms with van der Waals surface area (Å²) in [6.07, 6.45) is 1.15. The maximum absolute atomic E-state index is 13.6. The molecule has 6 heteroatoms. The summed E-state index contributed by atoms with van der Waals surface area (Å²) in [6.45, 7) is 0.312. The lowest BCUT2D eigenvalue weighted by Crippen LogP contribution is -2.42. The van der Waals surface area contributed by atoms with E-state index < -0.39 is 6.17 Å². The molecule has 4 rings (SSSR count). The highest BCUT2D eigenvalue weighted by atomic mass is 79.9. The summed E-state index contributed by atoms with van der Waals surface area (Å²) in [6, 6.07) is 15.7. The fourth-order valence-electron chi connectivity index (χ4n) is 2.97. The molecular weight excluding hydrogens is 387 g/mol. The van der Waals surface area contributed by atoms with Crippen molar-refractivity contribution in [3.63, 3.8) is 0 Å². The first-order chi connectivity index (χ1) is 12.1. The zero-order chi connectivity index (χ0) is 17.4. The maximum Gasteiger partial charge on any atom is 0.258 e. The van der Waals surface area contributed by atoms with Crippen LogP contribution in [0.5, 0.6) is 0 Å². The van der Waals surface area contributed by atoms with Gasteiger partial charge in [-0.05, 0) is 57.9 Å². The summed E-state index contributed by atoms with van der Waals surface area (Å²) in [5, 5.41) is 3.37. The number of rotatable bonds is 3. The Hall–Kier alpha value is -2.60. The van der Waals surface area contributed by atoms with Crippen LogP contribution in [0.1, 0.15) is 27.8 Å². The predicted octanol–water partition coefficient (Wildman–Crippen LogP) is 4.95. The second kappa shape index (κ2) is 6.37. The molecule has 0 spiro atoms. The number of amides is 1. The number of benzene rings is 2. The molecule has 0 bridgehead atoms. The topological polar surface area (TPSA) is 45.5 Å². The van der Waals surface area contributed by atoms with Gasteiger partial charge >= 0.3 is 0 Å². The van der Waals surface area contributed by atoms with Gasteiger partial charge in [0.2, 0.25) is 0 Å². The Bertz CT molecular complexity index is 927. The van der Waals surface area contributed by atoms with Gasteiger partial charge in [-0.3, -0.25) is 4.79 Å². The largest absolute Gasteiger partial charge is 0.467 e. The quantitative estimate of drug-likeness (QED) is 0.676. The van der Waals surface area contributed by atoms with Gasteiger partial charge in [0.1, 0.15) is 17.7 Å². The predicted molar refractivity (Wildman–Crippen MR) is 95.5 cm³/mol. The van der Waals surface area contributed by atoms with Crippen LogP contribution in [0.15, 0.2) is 69.8 Å². The van der Waals surface area contributed by atoms with E-state index in [0.29, 0.717) is 22.3 Å². The summed E-state index contributed by atoms with van der Waals surface area (Å²) >= 11 is 3.22. The number of fused-ring (bicyclic) bond motifs is 1. The van der Waals surface area contributed by atoms with Gasteiger partial charge in [-0.25, -0.2) is 4.39 Å². The van der Waals surface area contributed by atoms with Crippen molar-refractivity contribution >= 4 is 27.5 Å². The number of anilines is 1. The van der Waals surface area contributed by atoms with E-state index in [2.05, 4.69) is 21.2 Å². The molecule has 1 aromatic heterocycles. The van der Waals surface area contributed by atoms with Crippen molar-refractivity contribution in [2.75, 3.05) is 5.32 Å². The monoisotopic (exact) mass is 400 g/mol. The minimum absolute atomic E-state index is 0.101. The number of furan rings is 1. The SMILES string of the molecule is O=C1c2ccccc2NC(c2ccc(F)c(Br)c2)N1Cc1ccco1. The van der Waals surface area contributed by atoms with Gasteiger partial charge in [-0.2, -0.15) is 0 Å². The van der Waals surface area contributed by atoms with Crippen LogP contribution >= 0.6 is 15.9 Å². The molecule has 2 aromatic carbocycles. The molecule has 0 saturated heterocycles. The first kappa shape index (κ1) is 15.9. The van der Waals surface area contributed by atoms with Crippen molar-refractivity contribution in [2.45, 2.75) is 12.7 Å². The highest BCUT2D eigenvalue weighted by Gasteiger charge is 2.33. The Balaban J connectivity index is 1.78. The van der Waals surface area contributed by atoms with E-state index in [9.17, 15) is 9.18 Å². The third kappa shape index (κ3) is 2.93. The molecule has 1 aliphatic heterocycles. The van der Waals surface area contributed by atoms with E-state index in [1.165, 1.54) is 6.07 Å². The molecule has 0 radical (unpaired) electrons. The fraction of sp³-hybridized carbons (Fsp3) is 0.105. The van der Waals surface area contributed by atoms with Crippen molar-refractivity contribution in [2.24, 2.45) is 0 Å². The van der Waals surface area contributed by atoms with E-state index in [-0.39, 0.29) is 11.7 Å². The Morgan fingerprint density at radius 2 is 2.00 bits per heavy atom. The van der Waals surface area contributed by atoms with Gasteiger partial charge in [0.25, 0.3) is 5.91 Å². The van der Waals surface area contributed by atoms with Gasteiger partial charge < -0.3 is 14.6 Å². The summed E-state index contributed by atoms with van der Waals surface area (Å²) in [5.41, 5.74) is 2.14. The standard InChI is InChI=1S/C19H14BrFN2O2/c20-15-10-12(7-8-16(15)21)18-22-17-6-2-1-5-14(17)19(24)23(18)11-13-4-3-9-25-13/h1-10,18,22H,11H2. The van der Waals surface area contributed by atoms with Crippen LogP contribution in [0.3, 0.4) is 0 Å². The van der Waals surface area contributed by atoms with Crippen molar-refractivity contribution in [3.05, 3.63) is 88.0 Å². The van der Waals surface area contributed by atoms with Crippen molar-refractivity contribution in [1.82, 2.24) is 4.90 Å². The lowest BCUT2D eigenvalue weighted by Gasteiger charge is -2.37. The Morgan fingerprint density at radius 1 is 1.16 bits per heavy atom. The first-order valence-corrected chi connectivity index (χ1v) is 8.56. The summed E-state index contributed by atoms with van der Waals surface area (Å²) < 4.78 is 19.4. The molecule has 25 heavy (non-hydrogen) atoms. The number of halogens is 2. The molecule has 0 aliphatic carbocycles. The van der Waals surface area contributed by atoms with Gasteiger partial charge in [0.15, 0.2) is 0 Å². The highest BCUT2D eigenvalue weighted by molar-refractivity contribution is 9.10. The second-order valence-corrected chi connectivity index (χ2v) is 6.63. The third-order valence-electron chi connectivity index (χ3n) is 4.19. The molecule has 3 aromatic rings. The first-order valence-electron chi connectivity index (χ1n) is 7.77. The summed E-state index contributed by atoms with van der Waals surface area (Å²) in [5.74, 6) is 0.237. The molecule has 0 saturated carbocycles. The lowest BCUT2D eigenvalue weighted by atomic mass is 10.0. The summed E-state index contributed by atoms with van der Waals surface area (Å²) in [7, 11) is 0. The molecule has 126 valence electrons. The zero-order valence-corrected chi connectivity index (χ0v) is 14.7. The van der Waals surface area contributed by atoms with Gasteiger partial charge in [-0.15, -0.1) is 0 Å². The Labute approximate surface area is 152 Å². The van der Waals surface area contributed by atoms with Crippen LogP contribution in [-0.4, -0.2) is 10.8 Å². The van der Waals surface area contributed by atoms with E-state index in [1.54, 1.807) is 35.4 Å². The number of hydrogen-bond donors (Lipinski definition) is 1. The van der Waals surface area contributed by atoms with Gasteiger partial charge in [0, 0.05) is 5.69 Å². The van der Waals surface area contributed by atoms with Crippen LogP contribution < -0.4 is 5.32 Å². The molecule has 2 heterocycles. The molecule has 4 nitrogen and oxygen atoms in total. The Morgan fingerprint density at radius 3 is 2.76 bits per heavy atom. The number of carbonyl (C=O) groups excluding carboxylic acids is 1. The second-order valence-electron chi connectivity index (χ2n) is 5.78. The van der Waals surface area contributed by atoms with Crippen molar-refractivity contribution < 1.29 is 13.6 Å². The van der Waals surface area contributed by atoms with Crippen LogP contribution in [0.4, 0.5) is 10.1 Å². The number of para-hydroxylation sites is 1. The van der Waals surface area contributed by atoms with E-state index >= 15 is 0 Å². The highest BCUT2D eigenvalue weighted by Crippen LogP contribution is 2.35. The van der Waals surface area contributed by atoms with Crippen molar-refractivity contribution in [1.29, 1.82) is 0 Å². The summed E-state index contributed by atoms with van der Waals surface area (Å²) in [4.78, 5) is 14.7. The smallest absolute Gasteiger partial charge is 0.258 e. The minimum Gasteiger partial charge on any atom is -0.467 e. The lowest BCUT2D eigenvalue weighted by molar-refractivity contribution is 0.0651. The molecular formula is C19H14BrFN2O2. The van der Waals surface area contributed by atoms with Crippen LogP contribution in [0.2, 0.25) is 0 Å². The average molecular weight is 401 g/mol. The van der Waals surface area contributed by atoms with E-state index in [0.717, 1.165) is 11.3 Å². The molecule has 1 aliphatic rings. The molecule has 1 atom stereocenters. The normalized spacial score (nSPS) is 16.5. The minimum atomic E-state index is -0.426. The van der Waals surface area contributed by atoms with Crippen LogP contribution in [0, 0.1) is 5.82 Å². The Kier molecular flexibility index (Phi) is 4.05. The van der Waals surface area contributed by atoms with Gasteiger partial charge in [0.05, 0.1) is 22.8 Å². The third-order valence-corrected chi connectivity index (χ3v) is 4.80. The molecule has 1 N–H and O–H groups in total. The number of nitrogens with one attached hydrogen (secondary N) is 1. The van der Waals surface area contributed by atoms with Gasteiger partial charge in [-0.1, -0.05) is 18.2 Å². The van der Waals surface area contributed by atoms with Crippen LogP contribution in [0.25, 0.3) is 0 Å². The van der Waals surface area contributed by atoms with Crippen LogP contribution in [-0.2, 0) is 6.54 Å². The molecule has 1 amide bonds. The number of hydrogen-bond acceptors (Lipinski definition) is 3. The molecule has 1 unspecified atom stereocenters. The average Bonchev–Trinajstić information content (AvgIpc) is 3.13. The van der Waals surface area contributed by atoms with Crippen molar-refractivity contribution in [3.8, 4) is 0 Å². The number of carbonyl (C=O) groups is 1.